The van der Waals surface area contributed by atoms with Crippen LogP contribution in [0.5, 0.6) is 0 Å². The fourth-order valence-electron chi connectivity index (χ4n) is 2.78. The van der Waals surface area contributed by atoms with Gasteiger partial charge in [0, 0.05) is 11.3 Å². The molecule has 0 aromatic carbocycles. The van der Waals surface area contributed by atoms with Crippen LogP contribution in [0.4, 0.5) is 0 Å². The molecule has 2 heterocycles. The maximum Gasteiger partial charge on any atom is 0.249 e. The normalized spacial score (nSPS) is 20.2. The fourth-order valence-corrected chi connectivity index (χ4v) is 4.91. The Morgan fingerprint density at radius 3 is 2.91 bits per heavy atom. The largest absolute Gasteiger partial charge is 0.351 e. The van der Waals surface area contributed by atoms with Gasteiger partial charge < -0.3 is 10.6 Å². The molecule has 2 unspecified atom stereocenters. The van der Waals surface area contributed by atoms with Gasteiger partial charge >= 0.3 is 0 Å². The highest BCUT2D eigenvalue weighted by Gasteiger charge is 2.22. The standard InChI is InChI=1S/C15H25N3O3S2/c1-11(12-4-3-7-17-9-12)8-14(19)18-10-13-5-6-15(22-13)23(20,21)16-2/h5-6,11-12,16-17H,3-4,7-10H2,1-2H3,(H,18,19). The first kappa shape index (κ1) is 18.4. The number of carbonyl (C=O) groups excluding carboxylic acids is 1. The molecule has 0 radical (unpaired) electrons. The molecule has 1 amide bonds. The molecule has 1 aliphatic rings. The van der Waals surface area contributed by atoms with Crippen LogP contribution < -0.4 is 15.4 Å². The van der Waals surface area contributed by atoms with Gasteiger partial charge in [-0.1, -0.05) is 6.92 Å². The summed E-state index contributed by atoms with van der Waals surface area (Å²) in [4.78, 5) is 12.9. The zero-order chi connectivity index (χ0) is 16.9. The molecular formula is C15H25N3O3S2. The summed E-state index contributed by atoms with van der Waals surface area (Å²) < 4.78 is 25.9. The first-order valence-electron chi connectivity index (χ1n) is 7.92. The number of amides is 1. The van der Waals surface area contributed by atoms with Crippen LogP contribution in [0.2, 0.25) is 0 Å². The number of hydrogen-bond acceptors (Lipinski definition) is 5. The van der Waals surface area contributed by atoms with Crippen molar-refractivity contribution in [2.45, 2.75) is 36.9 Å². The number of thiophene rings is 1. The molecule has 130 valence electrons. The number of sulfonamides is 1. The Labute approximate surface area is 142 Å². The Morgan fingerprint density at radius 2 is 2.26 bits per heavy atom. The van der Waals surface area contributed by atoms with Gasteiger partial charge in [-0.2, -0.15) is 0 Å². The fraction of sp³-hybridized carbons (Fsp3) is 0.667. The Kier molecular flexibility index (Phi) is 6.58. The summed E-state index contributed by atoms with van der Waals surface area (Å²) in [6.45, 7) is 4.56. The van der Waals surface area contributed by atoms with Gasteiger partial charge in [-0.3, -0.25) is 4.79 Å². The molecule has 8 heteroatoms. The third kappa shape index (κ3) is 5.27. The van der Waals surface area contributed by atoms with Gasteiger partial charge in [0.25, 0.3) is 0 Å². The van der Waals surface area contributed by atoms with Crippen molar-refractivity contribution in [2.75, 3.05) is 20.1 Å². The molecule has 1 aliphatic heterocycles. The maximum absolute atomic E-state index is 12.1. The van der Waals surface area contributed by atoms with Gasteiger partial charge in [0.1, 0.15) is 4.21 Å². The molecule has 1 aromatic heterocycles. The molecule has 1 saturated heterocycles. The van der Waals surface area contributed by atoms with Crippen LogP contribution in [0.15, 0.2) is 16.3 Å². The third-order valence-corrected chi connectivity index (χ3v) is 7.27. The quantitative estimate of drug-likeness (QED) is 0.685. The molecule has 1 fully saturated rings. The Bertz CT molecular complexity index is 622. The zero-order valence-corrected chi connectivity index (χ0v) is 15.2. The molecule has 2 rings (SSSR count). The van der Waals surface area contributed by atoms with Crippen molar-refractivity contribution in [2.24, 2.45) is 11.8 Å². The average Bonchev–Trinajstić information content (AvgIpc) is 3.03. The van der Waals surface area contributed by atoms with Gasteiger partial charge in [0.05, 0.1) is 6.54 Å². The monoisotopic (exact) mass is 359 g/mol. The lowest BCUT2D eigenvalue weighted by molar-refractivity contribution is -0.122. The second-order valence-corrected chi connectivity index (χ2v) is 9.27. The zero-order valence-electron chi connectivity index (χ0n) is 13.6. The summed E-state index contributed by atoms with van der Waals surface area (Å²) >= 11 is 1.18. The summed E-state index contributed by atoms with van der Waals surface area (Å²) in [5.41, 5.74) is 0. The van der Waals surface area contributed by atoms with Crippen molar-refractivity contribution in [3.8, 4) is 0 Å². The van der Waals surface area contributed by atoms with Crippen LogP contribution in [0.3, 0.4) is 0 Å². The third-order valence-electron chi connectivity index (χ3n) is 4.28. The van der Waals surface area contributed by atoms with Crippen molar-refractivity contribution >= 4 is 27.3 Å². The van der Waals surface area contributed by atoms with Crippen LogP contribution in [-0.2, 0) is 21.4 Å². The van der Waals surface area contributed by atoms with Crippen molar-refractivity contribution in [1.29, 1.82) is 0 Å². The van der Waals surface area contributed by atoms with Gasteiger partial charge in [-0.15, -0.1) is 11.3 Å². The molecule has 0 bridgehead atoms. The number of piperidine rings is 1. The van der Waals surface area contributed by atoms with E-state index in [0.717, 1.165) is 18.0 Å². The van der Waals surface area contributed by atoms with Gasteiger partial charge in [-0.05, 0) is 56.9 Å². The predicted octanol–water partition coefficient (Wildman–Crippen LogP) is 1.30. The van der Waals surface area contributed by atoms with E-state index in [-0.39, 0.29) is 10.1 Å². The Hall–Kier alpha value is -0.960. The second-order valence-electron chi connectivity index (χ2n) is 5.99. The summed E-state index contributed by atoms with van der Waals surface area (Å²) in [5.74, 6) is 0.935. The van der Waals surface area contributed by atoms with E-state index in [1.54, 1.807) is 12.1 Å². The smallest absolute Gasteiger partial charge is 0.249 e. The molecule has 0 saturated carbocycles. The van der Waals surface area contributed by atoms with E-state index in [0.29, 0.717) is 24.8 Å². The van der Waals surface area contributed by atoms with Crippen LogP contribution in [-0.4, -0.2) is 34.5 Å². The molecule has 0 spiro atoms. The van der Waals surface area contributed by atoms with E-state index in [9.17, 15) is 13.2 Å². The van der Waals surface area contributed by atoms with Crippen LogP contribution in [0.1, 0.15) is 31.1 Å². The molecule has 23 heavy (non-hydrogen) atoms. The molecular weight excluding hydrogens is 334 g/mol. The summed E-state index contributed by atoms with van der Waals surface area (Å²) in [5, 5.41) is 6.26. The SMILES string of the molecule is CNS(=O)(=O)c1ccc(CNC(=O)CC(C)C2CCCNC2)s1. The molecule has 6 nitrogen and oxygen atoms in total. The van der Waals surface area contributed by atoms with Crippen molar-refractivity contribution < 1.29 is 13.2 Å². The first-order valence-corrected chi connectivity index (χ1v) is 10.2. The van der Waals surface area contributed by atoms with Crippen LogP contribution >= 0.6 is 11.3 Å². The van der Waals surface area contributed by atoms with E-state index in [1.165, 1.54) is 31.2 Å². The molecule has 3 N–H and O–H groups in total. The summed E-state index contributed by atoms with van der Waals surface area (Å²) in [7, 11) is -2.01. The number of rotatable bonds is 7. The Balaban J connectivity index is 1.80. The second kappa shape index (κ2) is 8.23. The lowest BCUT2D eigenvalue weighted by Gasteiger charge is -2.27. The van der Waals surface area contributed by atoms with E-state index in [1.807, 2.05) is 0 Å². The van der Waals surface area contributed by atoms with Crippen LogP contribution in [0.25, 0.3) is 0 Å². The minimum Gasteiger partial charge on any atom is -0.351 e. The highest BCUT2D eigenvalue weighted by atomic mass is 32.2. The number of hydrogen-bond donors (Lipinski definition) is 3. The van der Waals surface area contributed by atoms with Crippen molar-refractivity contribution in [1.82, 2.24) is 15.4 Å². The lowest BCUT2D eigenvalue weighted by atomic mass is 9.85. The topological polar surface area (TPSA) is 87.3 Å². The van der Waals surface area contributed by atoms with Crippen molar-refractivity contribution in [3.63, 3.8) is 0 Å². The first-order chi connectivity index (χ1) is 10.9. The van der Waals surface area contributed by atoms with E-state index in [4.69, 9.17) is 0 Å². The average molecular weight is 360 g/mol. The maximum atomic E-state index is 12.1. The lowest BCUT2D eigenvalue weighted by Crippen LogP contribution is -2.35. The molecule has 1 aromatic rings. The molecule has 0 aliphatic carbocycles. The number of nitrogens with one attached hydrogen (secondary N) is 3. The Morgan fingerprint density at radius 1 is 1.48 bits per heavy atom. The number of carbonyl (C=O) groups is 1. The summed E-state index contributed by atoms with van der Waals surface area (Å²) in [6, 6.07) is 3.30. The predicted molar refractivity (Wildman–Crippen MR) is 91.8 cm³/mol. The van der Waals surface area contributed by atoms with Gasteiger partial charge in [-0.25, -0.2) is 13.1 Å². The highest BCUT2D eigenvalue weighted by Crippen LogP contribution is 2.23. The van der Waals surface area contributed by atoms with E-state index < -0.39 is 10.0 Å². The molecule has 2 atom stereocenters. The minimum atomic E-state index is -3.40. The minimum absolute atomic E-state index is 0.0227. The van der Waals surface area contributed by atoms with Crippen LogP contribution in [0, 0.1) is 11.8 Å². The van der Waals surface area contributed by atoms with E-state index >= 15 is 0 Å². The van der Waals surface area contributed by atoms with Gasteiger partial charge in [0.15, 0.2) is 0 Å². The summed E-state index contributed by atoms with van der Waals surface area (Å²) in [6.07, 6.45) is 2.87. The highest BCUT2D eigenvalue weighted by molar-refractivity contribution is 7.91. The van der Waals surface area contributed by atoms with Crippen molar-refractivity contribution in [3.05, 3.63) is 17.0 Å². The van der Waals surface area contributed by atoms with Gasteiger partial charge in [0.2, 0.25) is 15.9 Å². The van der Waals surface area contributed by atoms with E-state index in [2.05, 4.69) is 22.3 Å².